The minimum Gasteiger partial charge on any atom is -0.507 e. The molecule has 5 atom stereocenters. The average molecular weight is 938 g/mol. The van der Waals surface area contributed by atoms with Crippen LogP contribution in [0.4, 0.5) is 10.7 Å². The number of urea groups is 1. The monoisotopic (exact) mass is 937 g/mol. The number of anilines is 1. The van der Waals surface area contributed by atoms with Gasteiger partial charge in [-0.25, -0.2) is 14.8 Å². The number of carbonyl (C=O) groups excluding carboxylic acids is 3. The highest BCUT2D eigenvalue weighted by Crippen LogP contribution is 2.39. The van der Waals surface area contributed by atoms with E-state index in [-0.39, 0.29) is 37.4 Å². The van der Waals surface area contributed by atoms with Gasteiger partial charge in [0.05, 0.1) is 30.5 Å². The van der Waals surface area contributed by atoms with Crippen molar-refractivity contribution >= 4 is 34.8 Å². The minimum absolute atomic E-state index is 0.00624. The molecule has 4 amide bonds. The summed E-state index contributed by atoms with van der Waals surface area (Å²) in [5, 5.41) is 47.0. The Morgan fingerprint density at radius 3 is 2.32 bits per heavy atom. The highest BCUT2D eigenvalue weighted by Gasteiger charge is 2.45. The normalized spacial score (nSPS) is 21.4. The molecule has 69 heavy (non-hydrogen) atoms. The van der Waals surface area contributed by atoms with Crippen LogP contribution in [0.25, 0.3) is 22.3 Å². The molecule has 0 unspecified atom stereocenters. The number of hydrogen-bond donors (Lipinski definition) is 6. The third-order valence-corrected chi connectivity index (χ3v) is 14.8. The Hall–Kier alpha value is -6.61. The molecule has 0 radical (unpaired) electrons. The van der Waals surface area contributed by atoms with Crippen molar-refractivity contribution < 1.29 is 29.7 Å². The number of aliphatic hydroxyl groups excluding tert-OH is 2. The summed E-state index contributed by atoms with van der Waals surface area (Å²) in [6, 6.07) is 13.4. The topological polar surface area (TPSA) is 216 Å². The molecule has 4 aliphatic rings. The van der Waals surface area contributed by atoms with E-state index in [0.717, 1.165) is 79.6 Å². The van der Waals surface area contributed by atoms with E-state index >= 15 is 0 Å². The van der Waals surface area contributed by atoms with Gasteiger partial charge in [0.25, 0.3) is 0 Å². The molecule has 3 aromatic heterocycles. The lowest BCUT2D eigenvalue weighted by Gasteiger charge is -2.42. The van der Waals surface area contributed by atoms with E-state index in [4.69, 9.17) is 16.4 Å². The lowest BCUT2D eigenvalue weighted by molar-refractivity contribution is -0.142. The Bertz CT molecular complexity index is 2700. The molecule has 5 aromatic rings. The number of nitrogens with zero attached hydrogens (tertiary/aromatic N) is 8. The number of para-hydroxylation sites is 1. The van der Waals surface area contributed by atoms with E-state index in [9.17, 15) is 29.7 Å². The van der Waals surface area contributed by atoms with E-state index in [1.54, 1.807) is 41.3 Å². The number of aromatic amines is 1. The number of H-pyrrole nitrogens is 1. The molecule has 2 aromatic carbocycles. The first kappa shape index (κ1) is 47.5. The van der Waals surface area contributed by atoms with Crippen LogP contribution in [0, 0.1) is 17.8 Å². The average Bonchev–Trinajstić information content (AvgIpc) is 3.95. The molecule has 3 fully saturated rings. The maximum Gasteiger partial charge on any atom is 0.318 e. The van der Waals surface area contributed by atoms with E-state index < -0.39 is 41.5 Å². The standard InChI is InChI=1S/C52H63N11O6/c1-6-32-11-13-34(14-12-32)42(30-64)56-48(67)43-25-37(65)29-63(43)49(68)46(52(3,4)5)57-51(69)61-22-17-36(18-23-61)60-20-15-33(16-21-60)35-27-53-50(54-28-35)62-24-19-40-45(31(62)2)39-26-41(58-59-47(39)55-40)38-9-7-8-10-44(38)66/h1,7-14,26-28,31,33,36-37,42-43,46,64-66H,15-25,29-30H2,2-5H3,(H,55,59)(H,56,67)(H,57,69)/t31-,37-,42+,43+,46-/m1/s1. The summed E-state index contributed by atoms with van der Waals surface area (Å²) < 4.78 is 0. The number of benzene rings is 2. The molecule has 0 saturated carbocycles. The SMILES string of the molecule is C#Cc1ccc([C@H](CO)NC(=O)[C@@H]2C[C@@H](O)CN2C(=O)[C@@H](NC(=O)N2CCC(N3CCC(c4cnc(N5CCc6[nH]c7nnc(-c8ccccc8O)cc7c6[C@H]5C)nc4)CC3)CC2)C(C)(C)C)cc1. The van der Waals surface area contributed by atoms with Crippen LogP contribution in [-0.2, 0) is 16.0 Å². The van der Waals surface area contributed by atoms with Gasteiger partial charge in [0.15, 0.2) is 5.65 Å². The van der Waals surface area contributed by atoms with Gasteiger partial charge in [-0.15, -0.1) is 16.6 Å². The fraction of sp³-hybridized carbons (Fsp3) is 0.481. The molecule has 17 nitrogen and oxygen atoms in total. The quantitative estimate of drug-likeness (QED) is 0.104. The molecular formula is C52H63N11O6. The van der Waals surface area contributed by atoms with Crippen molar-refractivity contribution in [1.29, 1.82) is 0 Å². The number of carbonyl (C=O) groups is 3. The molecule has 362 valence electrons. The van der Waals surface area contributed by atoms with Crippen molar-refractivity contribution in [2.75, 3.05) is 50.8 Å². The molecule has 17 heteroatoms. The number of β-amino-alcohol motifs (C(OH)–C–C–N with tert-alkyl or cyclic N) is 1. The predicted octanol–water partition coefficient (Wildman–Crippen LogP) is 4.81. The number of aromatic nitrogens is 5. The molecule has 0 aliphatic carbocycles. The van der Waals surface area contributed by atoms with Gasteiger partial charge in [0.1, 0.15) is 17.8 Å². The fourth-order valence-corrected chi connectivity index (χ4v) is 10.8. The minimum atomic E-state index is -0.983. The second-order valence-corrected chi connectivity index (χ2v) is 20.1. The molecule has 0 spiro atoms. The van der Waals surface area contributed by atoms with E-state index in [1.807, 2.05) is 51.4 Å². The summed E-state index contributed by atoms with van der Waals surface area (Å²) in [5.74, 6) is 2.82. The van der Waals surface area contributed by atoms with Gasteiger partial charge >= 0.3 is 6.03 Å². The van der Waals surface area contributed by atoms with Crippen molar-refractivity contribution in [2.24, 2.45) is 5.41 Å². The zero-order valence-electron chi connectivity index (χ0n) is 39.8. The second-order valence-electron chi connectivity index (χ2n) is 20.1. The summed E-state index contributed by atoms with van der Waals surface area (Å²) in [6.07, 6.45) is 13.0. The summed E-state index contributed by atoms with van der Waals surface area (Å²) in [6.45, 7) is 11.1. The van der Waals surface area contributed by atoms with Gasteiger partial charge in [0, 0.05) is 85.2 Å². The summed E-state index contributed by atoms with van der Waals surface area (Å²) in [5.41, 5.74) is 6.02. The lowest BCUT2D eigenvalue weighted by Crippen LogP contribution is -2.60. The maximum absolute atomic E-state index is 14.3. The number of aromatic hydroxyl groups is 1. The number of nitrogens with one attached hydrogen (secondary N) is 3. The number of terminal acetylenes is 1. The van der Waals surface area contributed by atoms with Gasteiger partial charge in [0.2, 0.25) is 17.8 Å². The molecule has 3 saturated heterocycles. The largest absolute Gasteiger partial charge is 0.507 e. The van der Waals surface area contributed by atoms with Crippen LogP contribution in [0.1, 0.15) is 106 Å². The van der Waals surface area contributed by atoms with Crippen molar-refractivity contribution in [3.05, 3.63) is 94.9 Å². The van der Waals surface area contributed by atoms with Gasteiger partial charge in [-0.05, 0) is 98.5 Å². The summed E-state index contributed by atoms with van der Waals surface area (Å²) >= 11 is 0. The van der Waals surface area contributed by atoms with E-state index in [1.165, 1.54) is 4.90 Å². The zero-order chi connectivity index (χ0) is 48.6. The first-order valence-electron chi connectivity index (χ1n) is 24.2. The lowest BCUT2D eigenvalue weighted by atomic mass is 9.85. The van der Waals surface area contributed by atoms with Crippen LogP contribution in [0.3, 0.4) is 0 Å². The van der Waals surface area contributed by atoms with E-state index in [2.05, 4.69) is 48.5 Å². The molecule has 6 N–H and O–H groups in total. The number of piperidine rings is 2. The van der Waals surface area contributed by atoms with Crippen LogP contribution in [-0.4, -0.2) is 143 Å². The van der Waals surface area contributed by atoms with Crippen molar-refractivity contribution in [3.63, 3.8) is 0 Å². The smallest absolute Gasteiger partial charge is 0.318 e. The number of hydrogen-bond acceptors (Lipinski definition) is 12. The highest BCUT2D eigenvalue weighted by atomic mass is 16.3. The Morgan fingerprint density at radius 2 is 1.65 bits per heavy atom. The Labute approximate surface area is 402 Å². The molecule has 4 aliphatic heterocycles. The number of likely N-dealkylation sites (tertiary alicyclic amines) is 3. The number of fused-ring (bicyclic) bond motifs is 3. The van der Waals surface area contributed by atoms with Crippen LogP contribution in [0.5, 0.6) is 5.75 Å². The predicted molar refractivity (Wildman–Crippen MR) is 261 cm³/mol. The Kier molecular flexibility index (Phi) is 13.6. The van der Waals surface area contributed by atoms with Gasteiger partial charge in [-0.2, -0.15) is 0 Å². The van der Waals surface area contributed by atoms with Crippen LogP contribution >= 0.6 is 0 Å². The number of phenolic OH excluding ortho intramolecular Hbond substituents is 1. The molecule has 9 rings (SSSR count). The van der Waals surface area contributed by atoms with Gasteiger partial charge < -0.3 is 50.5 Å². The third kappa shape index (κ3) is 9.83. The first-order valence-corrected chi connectivity index (χ1v) is 24.2. The fourth-order valence-electron chi connectivity index (χ4n) is 10.8. The van der Waals surface area contributed by atoms with Crippen LogP contribution < -0.4 is 15.5 Å². The van der Waals surface area contributed by atoms with Crippen LogP contribution in [0.2, 0.25) is 0 Å². The summed E-state index contributed by atoms with van der Waals surface area (Å²) in [7, 11) is 0. The number of rotatable bonds is 10. The Morgan fingerprint density at radius 1 is 0.942 bits per heavy atom. The second kappa shape index (κ2) is 19.8. The maximum atomic E-state index is 14.3. The molecule has 7 heterocycles. The number of amides is 4. The van der Waals surface area contributed by atoms with Gasteiger partial charge in [-0.3, -0.25) is 9.59 Å². The molecule has 0 bridgehead atoms. The highest BCUT2D eigenvalue weighted by molar-refractivity contribution is 5.93. The first-order chi connectivity index (χ1) is 33.2. The van der Waals surface area contributed by atoms with Crippen molar-refractivity contribution in [2.45, 2.75) is 108 Å². The Balaban J connectivity index is 0.766. The summed E-state index contributed by atoms with van der Waals surface area (Å²) in [4.78, 5) is 63.0. The number of phenols is 1. The van der Waals surface area contributed by atoms with E-state index in [0.29, 0.717) is 53.4 Å². The molecular weight excluding hydrogens is 875 g/mol. The van der Waals surface area contributed by atoms with Crippen molar-refractivity contribution in [1.82, 2.24) is 50.5 Å². The third-order valence-electron chi connectivity index (χ3n) is 14.8. The van der Waals surface area contributed by atoms with Crippen LogP contribution in [0.15, 0.2) is 67.0 Å². The van der Waals surface area contributed by atoms with Gasteiger partial charge in [-0.1, -0.05) is 51.0 Å². The van der Waals surface area contributed by atoms with Crippen molar-refractivity contribution in [3.8, 4) is 29.4 Å². The number of aliphatic hydroxyl groups is 2. The zero-order valence-corrected chi connectivity index (χ0v) is 39.8.